The number of alkyl halides is 3. The number of nitrogens with two attached hydrogens (primary N) is 1. The van der Waals surface area contributed by atoms with Crippen LogP contribution in [0.5, 0.6) is 11.5 Å². The van der Waals surface area contributed by atoms with Crippen LogP contribution in [0.3, 0.4) is 0 Å². The molecule has 0 saturated heterocycles. The van der Waals surface area contributed by atoms with Crippen molar-refractivity contribution in [3.8, 4) is 22.8 Å². The van der Waals surface area contributed by atoms with Crippen molar-refractivity contribution in [1.29, 1.82) is 0 Å². The molecule has 3 heterocycles. The van der Waals surface area contributed by atoms with E-state index in [1.165, 1.54) is 44.4 Å². The minimum absolute atomic E-state index is 0.00319. The molecule has 2 aromatic heterocycles. The highest BCUT2D eigenvalue weighted by Crippen LogP contribution is 2.48. The zero-order chi connectivity index (χ0) is 33.4. The van der Waals surface area contributed by atoms with Crippen molar-refractivity contribution in [2.45, 2.75) is 24.1 Å². The van der Waals surface area contributed by atoms with Gasteiger partial charge in [0.1, 0.15) is 40.5 Å². The average Bonchev–Trinajstić information content (AvgIpc) is 3.38. The molecule has 46 heavy (non-hydrogen) atoms. The number of hydrogen-bond acceptors (Lipinski definition) is 8. The Bertz CT molecular complexity index is 1850. The van der Waals surface area contributed by atoms with Crippen molar-refractivity contribution in [3.63, 3.8) is 0 Å². The molecule has 0 radical (unpaired) electrons. The molecule has 2 aromatic carbocycles. The lowest BCUT2D eigenvalue weighted by atomic mass is 9.81. The second-order valence-corrected chi connectivity index (χ2v) is 10.8. The number of benzene rings is 2. The van der Waals surface area contributed by atoms with Crippen LogP contribution < -0.4 is 25.8 Å². The highest BCUT2D eigenvalue weighted by atomic mass is 19.4. The number of aliphatic hydroxyl groups is 1. The van der Waals surface area contributed by atoms with E-state index in [4.69, 9.17) is 15.2 Å². The maximum absolute atomic E-state index is 14.8. The van der Waals surface area contributed by atoms with Gasteiger partial charge in [0.2, 0.25) is 11.5 Å². The lowest BCUT2D eigenvalue weighted by Gasteiger charge is -2.31. The number of carbonyl (C=O) groups excluding carboxylic acids is 3. The van der Waals surface area contributed by atoms with E-state index in [2.05, 4.69) is 20.6 Å². The van der Waals surface area contributed by atoms with E-state index in [0.29, 0.717) is 5.39 Å². The number of fused-ring (bicyclic) bond motifs is 2. The molecule has 15 heteroatoms. The number of aromatic nitrogens is 2. The quantitative estimate of drug-likeness (QED) is 0.203. The number of primary amides is 1. The molecule has 0 bridgehead atoms. The van der Waals surface area contributed by atoms with Crippen LogP contribution in [0.25, 0.3) is 22.2 Å². The normalized spacial score (nSPS) is 17.0. The molecule has 0 aliphatic carbocycles. The van der Waals surface area contributed by atoms with Gasteiger partial charge in [0.15, 0.2) is 6.61 Å². The first-order valence-corrected chi connectivity index (χ1v) is 13.7. The first kappa shape index (κ1) is 32.1. The number of rotatable bonds is 9. The lowest BCUT2D eigenvalue weighted by molar-refractivity contribution is -0.265. The highest BCUT2D eigenvalue weighted by Gasteiger charge is 2.57. The maximum Gasteiger partial charge on any atom is 0.424 e. The predicted molar refractivity (Wildman–Crippen MR) is 155 cm³/mol. The zero-order valence-corrected chi connectivity index (χ0v) is 24.4. The van der Waals surface area contributed by atoms with Gasteiger partial charge in [0, 0.05) is 35.3 Å². The number of hydrogen-bond donors (Lipinski definition) is 4. The Balaban J connectivity index is 1.57. The van der Waals surface area contributed by atoms with E-state index in [9.17, 15) is 37.1 Å². The molecule has 1 aliphatic heterocycles. The van der Waals surface area contributed by atoms with Gasteiger partial charge in [0.05, 0.1) is 12.2 Å². The topological polar surface area (TPSA) is 166 Å². The Morgan fingerprint density at radius 1 is 1.13 bits per heavy atom. The SMILES string of the molecule is CNC(=O)[C@@]1(C)COc2c1cc([C@@](O)(CNC(=O)c1cc(OCC(N)=O)c3ncccc3c1)C(F)(F)F)nc2-c1ccc(F)cc1. The summed E-state index contributed by atoms with van der Waals surface area (Å²) in [5, 5.41) is 16.3. The van der Waals surface area contributed by atoms with Gasteiger partial charge in [-0.25, -0.2) is 9.37 Å². The van der Waals surface area contributed by atoms with Gasteiger partial charge in [-0.05, 0) is 55.5 Å². The second-order valence-electron chi connectivity index (χ2n) is 10.8. The fourth-order valence-corrected chi connectivity index (χ4v) is 5.06. The van der Waals surface area contributed by atoms with Crippen LogP contribution >= 0.6 is 0 Å². The molecule has 5 rings (SSSR count). The van der Waals surface area contributed by atoms with Gasteiger partial charge < -0.3 is 30.9 Å². The Kier molecular flexibility index (Phi) is 8.30. The summed E-state index contributed by atoms with van der Waals surface area (Å²) in [6.45, 7) is -0.746. The minimum Gasteiger partial charge on any atom is -0.489 e. The summed E-state index contributed by atoms with van der Waals surface area (Å²) in [4.78, 5) is 45.6. The Hall–Kier alpha value is -5.31. The highest BCUT2D eigenvalue weighted by molar-refractivity contribution is 6.00. The zero-order valence-electron chi connectivity index (χ0n) is 24.4. The fourth-order valence-electron chi connectivity index (χ4n) is 5.06. The molecule has 1 aliphatic rings. The lowest BCUT2D eigenvalue weighted by Crippen LogP contribution is -2.52. The van der Waals surface area contributed by atoms with Gasteiger partial charge in [-0.1, -0.05) is 6.07 Å². The Morgan fingerprint density at radius 3 is 2.50 bits per heavy atom. The first-order chi connectivity index (χ1) is 21.7. The molecule has 240 valence electrons. The number of nitrogens with one attached hydrogen (secondary N) is 2. The summed E-state index contributed by atoms with van der Waals surface area (Å²) in [6.07, 6.45) is -3.96. The molecular weight excluding hydrogens is 614 g/mol. The summed E-state index contributed by atoms with van der Waals surface area (Å²) < 4.78 is 69.2. The third-order valence-electron chi connectivity index (χ3n) is 7.62. The second kappa shape index (κ2) is 11.9. The van der Waals surface area contributed by atoms with Crippen LogP contribution in [0, 0.1) is 5.82 Å². The maximum atomic E-state index is 14.8. The van der Waals surface area contributed by atoms with Gasteiger partial charge in [0.25, 0.3) is 11.8 Å². The van der Waals surface area contributed by atoms with E-state index in [1.807, 2.05) is 0 Å². The van der Waals surface area contributed by atoms with Crippen molar-refractivity contribution in [3.05, 3.63) is 83.4 Å². The molecule has 11 nitrogen and oxygen atoms in total. The molecule has 2 atom stereocenters. The van der Waals surface area contributed by atoms with Crippen LogP contribution in [0.4, 0.5) is 17.6 Å². The van der Waals surface area contributed by atoms with Gasteiger partial charge in [-0.2, -0.15) is 13.2 Å². The summed E-state index contributed by atoms with van der Waals surface area (Å²) in [5.74, 6) is -3.06. The molecular formula is C31H27F4N5O6. The fraction of sp³-hybridized carbons (Fsp3) is 0.258. The molecule has 0 fully saturated rings. The largest absolute Gasteiger partial charge is 0.489 e. The van der Waals surface area contributed by atoms with E-state index in [-0.39, 0.29) is 46.0 Å². The molecule has 3 amide bonds. The summed E-state index contributed by atoms with van der Waals surface area (Å²) >= 11 is 0. The standard InChI is InChI=1S/C31H27F4N5O6/c1-29(28(43)37-2)15-46-26-20(29)12-22(40-25(26)16-5-7-19(32)8-6-16)30(44,31(33,34)35)14-39-27(42)18-10-17-4-3-9-38-24(17)21(11-18)45-13-23(36)41/h3-12,44H,13-15H2,1-2H3,(H2,36,41)(H,37,43)(H,39,42)/t29-,30-/m0/s1. The summed E-state index contributed by atoms with van der Waals surface area (Å²) in [7, 11) is 1.35. The number of amides is 3. The molecule has 0 saturated carbocycles. The van der Waals surface area contributed by atoms with E-state index in [1.54, 1.807) is 12.1 Å². The molecule has 0 unspecified atom stereocenters. The average molecular weight is 642 g/mol. The summed E-state index contributed by atoms with van der Waals surface area (Å²) in [5.41, 5.74) is -0.955. The number of carbonyl (C=O) groups is 3. The monoisotopic (exact) mass is 641 g/mol. The number of ether oxygens (including phenoxy) is 2. The van der Waals surface area contributed by atoms with E-state index < -0.39 is 59.6 Å². The van der Waals surface area contributed by atoms with Crippen molar-refractivity contribution in [1.82, 2.24) is 20.6 Å². The van der Waals surface area contributed by atoms with E-state index in [0.717, 1.165) is 18.2 Å². The van der Waals surface area contributed by atoms with Gasteiger partial charge in [-0.3, -0.25) is 19.4 Å². The van der Waals surface area contributed by atoms with Crippen LogP contribution in [0.15, 0.2) is 60.8 Å². The Morgan fingerprint density at radius 2 is 1.85 bits per heavy atom. The van der Waals surface area contributed by atoms with E-state index >= 15 is 0 Å². The smallest absolute Gasteiger partial charge is 0.424 e. The number of pyridine rings is 2. The minimum atomic E-state index is -5.40. The van der Waals surface area contributed by atoms with Crippen molar-refractivity contribution < 1.29 is 46.5 Å². The van der Waals surface area contributed by atoms with Crippen LogP contribution in [0.2, 0.25) is 0 Å². The van der Waals surface area contributed by atoms with Gasteiger partial charge in [-0.15, -0.1) is 0 Å². The van der Waals surface area contributed by atoms with Crippen LogP contribution in [-0.4, -0.2) is 65.8 Å². The Labute approximate surface area is 258 Å². The summed E-state index contributed by atoms with van der Waals surface area (Å²) in [6, 6.07) is 11.2. The molecule has 4 aromatic rings. The third kappa shape index (κ3) is 5.76. The number of nitrogens with zero attached hydrogens (tertiary/aromatic N) is 2. The third-order valence-corrected chi connectivity index (χ3v) is 7.62. The number of halogens is 4. The van der Waals surface area contributed by atoms with Crippen molar-refractivity contribution in [2.75, 3.05) is 26.8 Å². The van der Waals surface area contributed by atoms with Crippen LogP contribution in [0.1, 0.15) is 28.5 Å². The number of likely N-dealkylation sites (N-methyl/N-ethyl adjacent to an activating group) is 1. The van der Waals surface area contributed by atoms with Crippen molar-refractivity contribution >= 4 is 28.6 Å². The van der Waals surface area contributed by atoms with Crippen LogP contribution in [-0.2, 0) is 20.6 Å². The predicted octanol–water partition coefficient (Wildman–Crippen LogP) is 2.88. The molecule has 0 spiro atoms. The molecule has 5 N–H and O–H groups in total. The van der Waals surface area contributed by atoms with Crippen molar-refractivity contribution in [2.24, 2.45) is 5.73 Å². The van der Waals surface area contributed by atoms with Gasteiger partial charge >= 0.3 is 6.18 Å². The first-order valence-electron chi connectivity index (χ1n) is 13.7.